The second-order valence-electron chi connectivity index (χ2n) is 9.38. The molecule has 3 aliphatic rings. The van der Waals surface area contributed by atoms with Crippen molar-refractivity contribution in [2.45, 2.75) is 32.0 Å². The number of benzene rings is 1. The Morgan fingerprint density at radius 3 is 2.91 bits per heavy atom. The van der Waals surface area contributed by atoms with Gasteiger partial charge in [0.15, 0.2) is 0 Å². The van der Waals surface area contributed by atoms with E-state index in [0.29, 0.717) is 17.6 Å². The van der Waals surface area contributed by atoms with Crippen molar-refractivity contribution in [2.75, 3.05) is 49.1 Å². The highest BCUT2D eigenvalue weighted by atomic mass is 15.3. The summed E-state index contributed by atoms with van der Waals surface area (Å²) in [5.41, 5.74) is 5.18. The lowest BCUT2D eigenvalue weighted by molar-refractivity contribution is 0.133. The molecule has 33 heavy (non-hydrogen) atoms. The van der Waals surface area contributed by atoms with Crippen LogP contribution in [0.1, 0.15) is 36.2 Å². The zero-order valence-electron chi connectivity index (χ0n) is 19.0. The molecule has 7 nitrogen and oxygen atoms in total. The molecule has 7 heteroatoms. The van der Waals surface area contributed by atoms with E-state index < -0.39 is 0 Å². The van der Waals surface area contributed by atoms with Gasteiger partial charge in [0.05, 0.1) is 22.8 Å². The molecule has 0 aliphatic carbocycles. The lowest BCUT2D eigenvalue weighted by Gasteiger charge is -2.43. The molecule has 168 valence electrons. The van der Waals surface area contributed by atoms with Gasteiger partial charge in [-0.25, -0.2) is 4.98 Å². The first-order valence-corrected chi connectivity index (χ1v) is 12.0. The Morgan fingerprint density at radius 1 is 1.06 bits per heavy atom. The van der Waals surface area contributed by atoms with Crippen LogP contribution in [0, 0.1) is 11.3 Å². The van der Waals surface area contributed by atoms with Crippen molar-refractivity contribution >= 4 is 22.4 Å². The maximum absolute atomic E-state index is 9.52. The Labute approximate surface area is 194 Å². The highest BCUT2D eigenvalue weighted by Gasteiger charge is 2.40. The van der Waals surface area contributed by atoms with E-state index in [1.807, 2.05) is 12.1 Å². The molecule has 2 unspecified atom stereocenters. The fourth-order valence-electron chi connectivity index (χ4n) is 5.74. The summed E-state index contributed by atoms with van der Waals surface area (Å²) in [5, 5.41) is 14.1. The minimum atomic E-state index is 0.332. The van der Waals surface area contributed by atoms with Crippen molar-refractivity contribution in [1.82, 2.24) is 20.2 Å². The molecule has 1 aromatic carbocycles. The monoisotopic (exact) mass is 439 g/mol. The average Bonchev–Trinajstić information content (AvgIpc) is 3.02. The van der Waals surface area contributed by atoms with Crippen LogP contribution in [0.2, 0.25) is 0 Å². The summed E-state index contributed by atoms with van der Waals surface area (Å²) in [6.45, 7) is 9.30. The summed E-state index contributed by atoms with van der Waals surface area (Å²) in [5.74, 6) is 1.12. The molecule has 6 rings (SSSR count). The molecule has 2 atom stereocenters. The van der Waals surface area contributed by atoms with Crippen LogP contribution in [0.15, 0.2) is 42.6 Å². The van der Waals surface area contributed by atoms with E-state index in [0.717, 1.165) is 69.0 Å². The van der Waals surface area contributed by atoms with E-state index in [-0.39, 0.29) is 0 Å². The Kier molecular flexibility index (Phi) is 5.12. The Bertz CT molecular complexity index is 1230. The van der Waals surface area contributed by atoms with Crippen LogP contribution in [0.5, 0.6) is 0 Å². The van der Waals surface area contributed by atoms with Crippen molar-refractivity contribution in [3.63, 3.8) is 0 Å². The quantitative estimate of drug-likeness (QED) is 0.658. The SMILES string of the molecule is CC1CN(c2ccc(C#N)c3ncccc23)CC2c3ccc(N4CCCNCC4)nc3CN12. The minimum absolute atomic E-state index is 0.332. The molecule has 2 saturated heterocycles. The first kappa shape index (κ1) is 20.4. The fraction of sp³-hybridized carbons (Fsp3) is 0.423. The zero-order valence-corrected chi connectivity index (χ0v) is 19.0. The number of pyridine rings is 2. The largest absolute Gasteiger partial charge is 0.368 e. The normalized spacial score (nSPS) is 23.2. The van der Waals surface area contributed by atoms with Gasteiger partial charge >= 0.3 is 0 Å². The van der Waals surface area contributed by atoms with Crippen molar-refractivity contribution in [2.24, 2.45) is 0 Å². The van der Waals surface area contributed by atoms with Crippen LogP contribution >= 0.6 is 0 Å². The summed E-state index contributed by atoms with van der Waals surface area (Å²) < 4.78 is 0. The van der Waals surface area contributed by atoms with Gasteiger partial charge in [-0.05, 0) is 55.8 Å². The second-order valence-corrected chi connectivity index (χ2v) is 9.38. The van der Waals surface area contributed by atoms with Crippen molar-refractivity contribution in [1.29, 1.82) is 5.26 Å². The molecule has 0 saturated carbocycles. The summed E-state index contributed by atoms with van der Waals surface area (Å²) in [6, 6.07) is 15.6. The predicted octanol–water partition coefficient (Wildman–Crippen LogP) is 3.07. The van der Waals surface area contributed by atoms with Gasteiger partial charge in [0.1, 0.15) is 11.9 Å². The number of nitrogens with one attached hydrogen (secondary N) is 1. The van der Waals surface area contributed by atoms with E-state index >= 15 is 0 Å². The van der Waals surface area contributed by atoms with Crippen LogP contribution < -0.4 is 15.1 Å². The molecular formula is C26H29N7. The summed E-state index contributed by atoms with van der Waals surface area (Å²) in [7, 11) is 0. The predicted molar refractivity (Wildman–Crippen MR) is 130 cm³/mol. The van der Waals surface area contributed by atoms with Gasteiger partial charge in [0.25, 0.3) is 0 Å². The van der Waals surface area contributed by atoms with Gasteiger partial charge in [-0.15, -0.1) is 0 Å². The van der Waals surface area contributed by atoms with Crippen LogP contribution in [0.4, 0.5) is 11.5 Å². The highest BCUT2D eigenvalue weighted by molar-refractivity contribution is 5.95. The smallest absolute Gasteiger partial charge is 0.128 e. The maximum atomic E-state index is 9.52. The molecule has 0 amide bonds. The number of fused-ring (bicyclic) bond motifs is 4. The molecule has 5 heterocycles. The van der Waals surface area contributed by atoms with Gasteiger partial charge in [-0.2, -0.15) is 5.26 Å². The number of hydrogen-bond acceptors (Lipinski definition) is 7. The fourth-order valence-corrected chi connectivity index (χ4v) is 5.74. The van der Waals surface area contributed by atoms with E-state index in [1.54, 1.807) is 6.20 Å². The molecular weight excluding hydrogens is 410 g/mol. The lowest BCUT2D eigenvalue weighted by Crippen LogP contribution is -2.51. The molecule has 2 fully saturated rings. The third-order valence-corrected chi connectivity index (χ3v) is 7.40. The first-order chi connectivity index (χ1) is 16.2. The van der Waals surface area contributed by atoms with E-state index in [4.69, 9.17) is 4.98 Å². The third kappa shape index (κ3) is 3.50. The lowest BCUT2D eigenvalue weighted by atomic mass is 10.0. The zero-order chi connectivity index (χ0) is 22.4. The minimum Gasteiger partial charge on any atom is -0.368 e. The second kappa shape index (κ2) is 8.29. The van der Waals surface area contributed by atoms with Gasteiger partial charge < -0.3 is 15.1 Å². The highest BCUT2D eigenvalue weighted by Crippen LogP contribution is 2.41. The van der Waals surface area contributed by atoms with E-state index in [1.165, 1.54) is 16.9 Å². The van der Waals surface area contributed by atoms with E-state index in [2.05, 4.69) is 62.3 Å². The Hall–Kier alpha value is -3.21. The van der Waals surface area contributed by atoms with Gasteiger partial charge in [0.2, 0.25) is 0 Å². The summed E-state index contributed by atoms with van der Waals surface area (Å²) in [6.07, 6.45) is 2.93. The van der Waals surface area contributed by atoms with Gasteiger partial charge in [-0.1, -0.05) is 6.07 Å². The van der Waals surface area contributed by atoms with Crippen LogP contribution in [0.3, 0.4) is 0 Å². The van der Waals surface area contributed by atoms with Crippen LogP contribution in [0.25, 0.3) is 10.9 Å². The number of nitriles is 1. The molecule has 0 bridgehead atoms. The van der Waals surface area contributed by atoms with E-state index in [9.17, 15) is 5.26 Å². The Balaban J connectivity index is 1.32. The van der Waals surface area contributed by atoms with Gasteiger partial charge in [-0.3, -0.25) is 9.88 Å². The van der Waals surface area contributed by atoms with Crippen LogP contribution in [-0.4, -0.2) is 60.2 Å². The maximum Gasteiger partial charge on any atom is 0.128 e. The summed E-state index contributed by atoms with van der Waals surface area (Å²) >= 11 is 0. The van der Waals surface area contributed by atoms with Crippen molar-refractivity contribution in [3.05, 3.63) is 59.4 Å². The third-order valence-electron chi connectivity index (χ3n) is 7.40. The van der Waals surface area contributed by atoms with Crippen LogP contribution in [-0.2, 0) is 6.54 Å². The topological polar surface area (TPSA) is 71.3 Å². The van der Waals surface area contributed by atoms with Gasteiger partial charge in [0, 0.05) is 62.6 Å². The summed E-state index contributed by atoms with van der Waals surface area (Å²) in [4.78, 5) is 17.1. The number of piperazine rings is 1. The first-order valence-electron chi connectivity index (χ1n) is 12.0. The molecule has 3 aliphatic heterocycles. The van der Waals surface area contributed by atoms with Crippen molar-refractivity contribution in [3.8, 4) is 6.07 Å². The molecule has 0 spiro atoms. The number of anilines is 2. The number of hydrogen-bond donors (Lipinski definition) is 1. The molecule has 1 N–H and O–H groups in total. The average molecular weight is 440 g/mol. The molecule has 2 aromatic heterocycles. The number of nitrogens with zero attached hydrogens (tertiary/aromatic N) is 6. The van der Waals surface area contributed by atoms with Crippen molar-refractivity contribution < 1.29 is 0 Å². The number of rotatable bonds is 2. The standard InChI is InChI=1S/C26H29N7/c1-18-15-32(23-7-5-19(14-27)26-21(23)4-2-10-29-26)17-24-20-6-8-25(30-22(20)16-33(18)24)31-12-3-9-28-11-13-31/h2,4-8,10,18,24,28H,3,9,11-13,15-17H2,1H3. The number of aromatic nitrogens is 2. The Morgan fingerprint density at radius 2 is 2.00 bits per heavy atom. The molecule has 0 radical (unpaired) electrons. The molecule has 3 aromatic rings.